The highest BCUT2D eigenvalue weighted by Crippen LogP contribution is 2.24. The van der Waals surface area contributed by atoms with Crippen molar-refractivity contribution in [3.8, 4) is 0 Å². The number of nitrogens with zero attached hydrogens (tertiary/aromatic N) is 1. The van der Waals surface area contributed by atoms with E-state index in [4.69, 9.17) is 11.6 Å². The monoisotopic (exact) mass is 297 g/mol. The number of halogens is 1. The van der Waals surface area contributed by atoms with Gasteiger partial charge in [-0.1, -0.05) is 12.8 Å². The molecule has 108 valence electrons. The van der Waals surface area contributed by atoms with Crippen molar-refractivity contribution < 1.29 is 13.5 Å². The Kier molecular flexibility index (Phi) is 6.92. The van der Waals surface area contributed by atoms with E-state index in [0.29, 0.717) is 25.3 Å². The molecule has 2 atom stereocenters. The minimum absolute atomic E-state index is 0.0483. The Morgan fingerprint density at radius 1 is 1.39 bits per heavy atom. The summed E-state index contributed by atoms with van der Waals surface area (Å²) < 4.78 is 26.2. The van der Waals surface area contributed by atoms with Crippen molar-refractivity contribution in [1.82, 2.24) is 4.31 Å². The zero-order chi connectivity index (χ0) is 13.6. The van der Waals surface area contributed by atoms with Gasteiger partial charge in [0.25, 0.3) is 0 Å². The fourth-order valence-corrected chi connectivity index (χ4v) is 4.59. The van der Waals surface area contributed by atoms with E-state index in [9.17, 15) is 13.5 Å². The fourth-order valence-electron chi connectivity index (χ4n) is 2.50. The molecular weight excluding hydrogens is 274 g/mol. The predicted molar refractivity (Wildman–Crippen MR) is 74.4 cm³/mol. The largest absolute Gasteiger partial charge is 0.393 e. The lowest BCUT2D eigenvalue weighted by atomic mass is 10.1. The summed E-state index contributed by atoms with van der Waals surface area (Å²) in [5, 5.41) is 9.51. The molecule has 0 bridgehead atoms. The third-order valence-corrected chi connectivity index (χ3v) is 5.60. The van der Waals surface area contributed by atoms with Crippen molar-refractivity contribution in [1.29, 1.82) is 0 Å². The third kappa shape index (κ3) is 5.03. The van der Waals surface area contributed by atoms with Crippen LogP contribution in [-0.2, 0) is 10.0 Å². The van der Waals surface area contributed by atoms with Crippen LogP contribution < -0.4 is 0 Å². The van der Waals surface area contributed by atoms with Gasteiger partial charge in [-0.3, -0.25) is 0 Å². The van der Waals surface area contributed by atoms with Gasteiger partial charge in [-0.05, 0) is 32.6 Å². The molecule has 4 nitrogen and oxygen atoms in total. The van der Waals surface area contributed by atoms with E-state index < -0.39 is 16.1 Å². The first-order chi connectivity index (χ1) is 8.47. The summed E-state index contributed by atoms with van der Waals surface area (Å²) in [5.41, 5.74) is 0. The molecule has 0 aliphatic carbocycles. The van der Waals surface area contributed by atoms with Crippen molar-refractivity contribution in [2.45, 2.75) is 57.6 Å². The molecule has 18 heavy (non-hydrogen) atoms. The van der Waals surface area contributed by atoms with Gasteiger partial charge in [-0.25, -0.2) is 8.42 Å². The summed E-state index contributed by atoms with van der Waals surface area (Å²) in [6.07, 6.45) is 4.43. The minimum atomic E-state index is -3.23. The highest BCUT2D eigenvalue weighted by molar-refractivity contribution is 7.89. The first-order valence-electron chi connectivity index (χ1n) is 6.71. The molecule has 1 N–H and O–H groups in total. The zero-order valence-electron chi connectivity index (χ0n) is 11.0. The molecule has 1 aliphatic rings. The first-order valence-corrected chi connectivity index (χ1v) is 8.85. The average molecular weight is 298 g/mol. The number of alkyl halides is 1. The van der Waals surface area contributed by atoms with Crippen LogP contribution in [0.1, 0.15) is 45.4 Å². The van der Waals surface area contributed by atoms with Crippen LogP contribution in [0.5, 0.6) is 0 Å². The third-order valence-electron chi connectivity index (χ3n) is 3.33. The Morgan fingerprint density at radius 2 is 2.11 bits per heavy atom. The van der Waals surface area contributed by atoms with Gasteiger partial charge in [-0.2, -0.15) is 4.31 Å². The molecule has 0 aromatic heterocycles. The molecule has 0 aromatic rings. The molecule has 0 amide bonds. The van der Waals surface area contributed by atoms with Gasteiger partial charge in [-0.15, -0.1) is 11.6 Å². The Balaban J connectivity index is 2.77. The standard InChI is InChI=1S/C12H24ClNO3S/c1-11(15)10-12-6-3-2-4-8-14(12)18(16,17)9-5-7-13/h11-12,15H,2-10H2,1H3. The van der Waals surface area contributed by atoms with Gasteiger partial charge in [0.05, 0.1) is 11.9 Å². The Morgan fingerprint density at radius 3 is 2.72 bits per heavy atom. The molecule has 1 heterocycles. The van der Waals surface area contributed by atoms with Crippen molar-refractivity contribution in [3.05, 3.63) is 0 Å². The number of aliphatic hydroxyl groups excluding tert-OH is 1. The van der Waals surface area contributed by atoms with Crippen molar-refractivity contribution >= 4 is 21.6 Å². The summed E-state index contributed by atoms with van der Waals surface area (Å²) in [7, 11) is -3.23. The summed E-state index contributed by atoms with van der Waals surface area (Å²) in [6.45, 7) is 2.30. The van der Waals surface area contributed by atoms with E-state index in [0.717, 1.165) is 25.7 Å². The van der Waals surface area contributed by atoms with Crippen LogP contribution in [0.15, 0.2) is 0 Å². The maximum Gasteiger partial charge on any atom is 0.214 e. The minimum Gasteiger partial charge on any atom is -0.393 e. The first kappa shape index (κ1) is 16.2. The molecule has 2 unspecified atom stereocenters. The smallest absolute Gasteiger partial charge is 0.214 e. The van der Waals surface area contributed by atoms with Crippen molar-refractivity contribution in [2.24, 2.45) is 0 Å². The second kappa shape index (κ2) is 7.68. The van der Waals surface area contributed by atoms with E-state index in [-0.39, 0.29) is 11.8 Å². The van der Waals surface area contributed by atoms with Crippen LogP contribution in [0, 0.1) is 0 Å². The number of hydrogen-bond acceptors (Lipinski definition) is 3. The molecule has 1 saturated heterocycles. The summed E-state index contributed by atoms with van der Waals surface area (Å²) in [6, 6.07) is -0.0483. The lowest BCUT2D eigenvalue weighted by molar-refractivity contribution is 0.147. The average Bonchev–Trinajstić information content (AvgIpc) is 2.51. The molecule has 1 rings (SSSR count). The van der Waals surface area contributed by atoms with Crippen LogP contribution in [0.3, 0.4) is 0 Å². The van der Waals surface area contributed by atoms with Gasteiger partial charge in [0, 0.05) is 18.5 Å². The normalized spacial score (nSPS) is 24.7. The topological polar surface area (TPSA) is 57.6 Å². The number of sulfonamides is 1. The van der Waals surface area contributed by atoms with Gasteiger partial charge >= 0.3 is 0 Å². The Bertz CT molecular complexity index is 332. The quantitative estimate of drug-likeness (QED) is 0.763. The number of rotatable bonds is 6. The van der Waals surface area contributed by atoms with E-state index >= 15 is 0 Å². The second-order valence-corrected chi connectivity index (χ2v) is 7.48. The van der Waals surface area contributed by atoms with Gasteiger partial charge in [0.15, 0.2) is 0 Å². The molecule has 1 fully saturated rings. The van der Waals surface area contributed by atoms with Gasteiger partial charge in [0.2, 0.25) is 10.0 Å². The van der Waals surface area contributed by atoms with Crippen molar-refractivity contribution in [2.75, 3.05) is 18.2 Å². The van der Waals surface area contributed by atoms with E-state index in [1.54, 1.807) is 11.2 Å². The lowest BCUT2D eigenvalue weighted by Crippen LogP contribution is -2.42. The van der Waals surface area contributed by atoms with Crippen LogP contribution in [-0.4, -0.2) is 48.2 Å². The highest BCUT2D eigenvalue weighted by atomic mass is 35.5. The van der Waals surface area contributed by atoms with E-state index in [1.807, 2.05) is 0 Å². The van der Waals surface area contributed by atoms with Crippen molar-refractivity contribution in [3.63, 3.8) is 0 Å². The highest BCUT2D eigenvalue weighted by Gasteiger charge is 2.31. The summed E-state index contributed by atoms with van der Waals surface area (Å²) in [5.74, 6) is 0.487. The molecule has 0 saturated carbocycles. The molecule has 6 heteroatoms. The maximum atomic E-state index is 12.3. The molecule has 0 radical (unpaired) electrons. The Labute approximate surface area is 115 Å². The lowest BCUT2D eigenvalue weighted by Gasteiger charge is -2.30. The number of hydrogen-bond donors (Lipinski definition) is 1. The van der Waals surface area contributed by atoms with Crippen LogP contribution >= 0.6 is 11.6 Å². The summed E-state index contributed by atoms with van der Waals surface area (Å²) in [4.78, 5) is 0. The van der Waals surface area contributed by atoms with Crippen LogP contribution in [0.2, 0.25) is 0 Å². The Hall–Kier alpha value is 0.160. The zero-order valence-corrected chi connectivity index (χ0v) is 12.6. The van der Waals surface area contributed by atoms with E-state index in [2.05, 4.69) is 0 Å². The molecule has 0 aromatic carbocycles. The van der Waals surface area contributed by atoms with Crippen LogP contribution in [0.25, 0.3) is 0 Å². The van der Waals surface area contributed by atoms with E-state index in [1.165, 1.54) is 0 Å². The SMILES string of the molecule is CC(O)CC1CCCCCN1S(=O)(=O)CCCCl. The molecule has 1 aliphatic heterocycles. The number of aliphatic hydroxyl groups is 1. The maximum absolute atomic E-state index is 12.3. The van der Waals surface area contributed by atoms with Gasteiger partial charge in [0.1, 0.15) is 0 Å². The molecular formula is C12H24ClNO3S. The second-order valence-electron chi connectivity index (χ2n) is 5.06. The fraction of sp³-hybridized carbons (Fsp3) is 1.00. The van der Waals surface area contributed by atoms with Crippen LogP contribution in [0.4, 0.5) is 0 Å². The molecule has 0 spiro atoms. The summed E-state index contributed by atoms with van der Waals surface area (Å²) >= 11 is 5.58. The van der Waals surface area contributed by atoms with Gasteiger partial charge < -0.3 is 5.11 Å². The predicted octanol–water partition coefficient (Wildman–Crippen LogP) is 1.96.